The molecule has 0 heterocycles. The molecule has 0 aliphatic carbocycles. The van der Waals surface area contributed by atoms with Gasteiger partial charge < -0.3 is 30.6 Å². The van der Waals surface area contributed by atoms with E-state index in [-0.39, 0.29) is 24.9 Å². The zero-order chi connectivity index (χ0) is 28.3. The molecule has 0 saturated carbocycles. The lowest BCUT2D eigenvalue weighted by Crippen LogP contribution is -2.58. The molecule has 4 atom stereocenters. The molecule has 4 N–H and O–H groups in total. The number of ether oxygens (including phenoxy) is 3. The molecule has 1 aromatic carbocycles. The number of amides is 2. The second-order valence-corrected chi connectivity index (χ2v) is 10.8. The molecule has 10 nitrogen and oxygen atoms in total. The molecule has 0 aliphatic rings. The van der Waals surface area contributed by atoms with Gasteiger partial charge >= 0.3 is 12.1 Å². The Balaban J connectivity index is 2.82. The average Bonchev–Trinajstić information content (AvgIpc) is 2.78. The number of benzene rings is 1. The molecular formula is C27H43N3O7. The van der Waals surface area contributed by atoms with Crippen molar-refractivity contribution in [2.75, 3.05) is 0 Å². The summed E-state index contributed by atoms with van der Waals surface area (Å²) >= 11 is 0. The fraction of sp³-hybridized carbons (Fsp3) is 0.630. The van der Waals surface area contributed by atoms with E-state index in [0.29, 0.717) is 0 Å². The molecule has 0 radical (unpaired) electrons. The van der Waals surface area contributed by atoms with Crippen molar-refractivity contribution in [1.29, 1.82) is 0 Å². The topological polar surface area (TPSA) is 146 Å². The lowest BCUT2D eigenvalue weighted by atomic mass is 10.00. The Morgan fingerprint density at radius 2 is 1.51 bits per heavy atom. The number of hydrogen-bond donors (Lipinski definition) is 3. The molecule has 1 rings (SSSR count). The molecule has 37 heavy (non-hydrogen) atoms. The number of rotatable bonds is 12. The van der Waals surface area contributed by atoms with E-state index in [0.717, 1.165) is 5.56 Å². The van der Waals surface area contributed by atoms with Crippen LogP contribution in [0.2, 0.25) is 0 Å². The van der Waals surface area contributed by atoms with Gasteiger partial charge in [-0.1, -0.05) is 58.0 Å². The minimum absolute atomic E-state index is 0.000359. The first-order chi connectivity index (χ1) is 17.1. The van der Waals surface area contributed by atoms with E-state index in [9.17, 15) is 19.2 Å². The molecule has 0 fully saturated rings. The Hall–Kier alpha value is -2.98. The maximum Gasteiger partial charge on any atom is 0.516 e. The predicted molar refractivity (Wildman–Crippen MR) is 139 cm³/mol. The van der Waals surface area contributed by atoms with E-state index in [2.05, 4.69) is 10.6 Å². The van der Waals surface area contributed by atoms with Crippen LogP contribution >= 0.6 is 0 Å². The summed E-state index contributed by atoms with van der Waals surface area (Å²) in [6.45, 7) is 14.1. The molecule has 0 bridgehead atoms. The van der Waals surface area contributed by atoms with Crippen molar-refractivity contribution in [3.05, 3.63) is 35.9 Å². The maximum absolute atomic E-state index is 13.1. The van der Waals surface area contributed by atoms with Crippen molar-refractivity contribution in [1.82, 2.24) is 10.6 Å². The Bertz CT molecular complexity index is 897. The van der Waals surface area contributed by atoms with Gasteiger partial charge in [0.1, 0.15) is 23.7 Å². The second kappa shape index (κ2) is 14.7. The third-order valence-electron chi connectivity index (χ3n) is 5.29. The summed E-state index contributed by atoms with van der Waals surface area (Å²) < 4.78 is 15.6. The molecule has 0 unspecified atom stereocenters. The summed E-state index contributed by atoms with van der Waals surface area (Å²) in [6, 6.07) is 6.35. The first kappa shape index (κ1) is 32.0. The molecular weight excluding hydrogens is 478 g/mol. The molecule has 10 heteroatoms. The molecule has 0 aliphatic heterocycles. The minimum Gasteiger partial charge on any atom is -0.428 e. The summed E-state index contributed by atoms with van der Waals surface area (Å²) in [5.74, 6) is -2.42. The number of nitrogens with two attached hydrogens (primary N) is 1. The second-order valence-electron chi connectivity index (χ2n) is 10.8. The van der Waals surface area contributed by atoms with Crippen LogP contribution in [0.4, 0.5) is 4.79 Å². The van der Waals surface area contributed by atoms with E-state index >= 15 is 0 Å². The summed E-state index contributed by atoms with van der Waals surface area (Å²) in [5, 5.41) is 5.27. The first-order valence-corrected chi connectivity index (χ1v) is 12.6. The van der Waals surface area contributed by atoms with Crippen LogP contribution in [0.3, 0.4) is 0 Å². The van der Waals surface area contributed by atoms with Crippen molar-refractivity contribution >= 4 is 23.9 Å². The standard InChI is InChI=1S/C27H43N3O7/c1-16(2)14-20(25(33)36-26(34)37-27(6,7)8)29-24(32)22(17(3)4)30-23(31)21(28)18(5)35-15-19-12-10-9-11-13-19/h9-13,16-18,20-22H,14-15,28H2,1-8H3,(H,29,32)(H,30,31)/t18-,20+,21+,22+/m1/s1. The van der Waals surface area contributed by atoms with Gasteiger partial charge in [-0.3, -0.25) is 9.59 Å². The lowest BCUT2D eigenvalue weighted by Gasteiger charge is -2.27. The van der Waals surface area contributed by atoms with Gasteiger partial charge in [-0.15, -0.1) is 0 Å². The largest absolute Gasteiger partial charge is 0.516 e. The highest BCUT2D eigenvalue weighted by Gasteiger charge is 2.33. The monoisotopic (exact) mass is 521 g/mol. The van der Waals surface area contributed by atoms with Crippen LogP contribution in [0.5, 0.6) is 0 Å². The van der Waals surface area contributed by atoms with Gasteiger partial charge in [0.15, 0.2) is 0 Å². The Morgan fingerprint density at radius 3 is 2.03 bits per heavy atom. The van der Waals surface area contributed by atoms with Crippen LogP contribution in [-0.4, -0.2) is 53.8 Å². The van der Waals surface area contributed by atoms with Crippen LogP contribution in [-0.2, 0) is 35.2 Å². The van der Waals surface area contributed by atoms with E-state index < -0.39 is 53.8 Å². The van der Waals surface area contributed by atoms with Crippen molar-refractivity contribution in [3.8, 4) is 0 Å². The maximum atomic E-state index is 13.1. The summed E-state index contributed by atoms with van der Waals surface area (Å²) in [5.41, 5.74) is 6.20. The number of carbonyl (C=O) groups is 4. The molecule has 1 aromatic rings. The van der Waals surface area contributed by atoms with Crippen molar-refractivity contribution in [2.45, 2.75) is 98.2 Å². The lowest BCUT2D eigenvalue weighted by molar-refractivity contribution is -0.146. The number of esters is 1. The molecule has 208 valence electrons. The zero-order valence-corrected chi connectivity index (χ0v) is 23.2. The van der Waals surface area contributed by atoms with Crippen LogP contribution in [0.25, 0.3) is 0 Å². The van der Waals surface area contributed by atoms with Gasteiger partial charge in [-0.05, 0) is 51.5 Å². The van der Waals surface area contributed by atoms with Gasteiger partial charge in [0.2, 0.25) is 11.8 Å². The number of nitrogens with one attached hydrogen (secondary N) is 2. The van der Waals surface area contributed by atoms with Crippen LogP contribution in [0, 0.1) is 11.8 Å². The fourth-order valence-electron chi connectivity index (χ4n) is 3.27. The van der Waals surface area contributed by atoms with Gasteiger partial charge in [-0.25, -0.2) is 9.59 Å². The highest BCUT2D eigenvalue weighted by Crippen LogP contribution is 2.13. The van der Waals surface area contributed by atoms with Gasteiger partial charge in [-0.2, -0.15) is 0 Å². The van der Waals surface area contributed by atoms with E-state index in [4.69, 9.17) is 19.9 Å². The van der Waals surface area contributed by atoms with E-state index in [1.54, 1.807) is 41.5 Å². The van der Waals surface area contributed by atoms with E-state index in [1.807, 2.05) is 44.2 Å². The van der Waals surface area contributed by atoms with Crippen molar-refractivity contribution < 1.29 is 33.4 Å². The smallest absolute Gasteiger partial charge is 0.428 e. The van der Waals surface area contributed by atoms with Gasteiger partial charge in [0.25, 0.3) is 0 Å². The third kappa shape index (κ3) is 12.2. The number of hydrogen-bond acceptors (Lipinski definition) is 8. The molecule has 0 saturated heterocycles. The summed E-state index contributed by atoms with van der Waals surface area (Å²) in [7, 11) is 0. The molecule has 0 spiro atoms. The van der Waals surface area contributed by atoms with Crippen molar-refractivity contribution in [3.63, 3.8) is 0 Å². The minimum atomic E-state index is -1.15. The zero-order valence-electron chi connectivity index (χ0n) is 23.2. The SMILES string of the molecule is CC(C)C[C@H](NC(=O)[C@@H](NC(=O)[C@@H](N)[C@@H](C)OCc1ccccc1)C(C)C)C(=O)OC(=O)OC(C)(C)C. The van der Waals surface area contributed by atoms with Crippen LogP contribution in [0.1, 0.15) is 67.4 Å². The Kier molecular flexibility index (Phi) is 12.7. The van der Waals surface area contributed by atoms with Crippen LogP contribution < -0.4 is 16.4 Å². The first-order valence-electron chi connectivity index (χ1n) is 12.6. The normalized spacial score (nSPS) is 14.9. The highest BCUT2D eigenvalue weighted by atomic mass is 16.7. The quantitative estimate of drug-likeness (QED) is 0.281. The Labute approximate surface area is 220 Å². The average molecular weight is 522 g/mol. The fourth-order valence-corrected chi connectivity index (χ4v) is 3.27. The molecule has 2 amide bonds. The Morgan fingerprint density at radius 1 is 0.919 bits per heavy atom. The number of carbonyl (C=O) groups excluding carboxylic acids is 4. The predicted octanol–water partition coefficient (Wildman–Crippen LogP) is 3.07. The molecule has 0 aromatic heterocycles. The van der Waals surface area contributed by atoms with Crippen LogP contribution in [0.15, 0.2) is 30.3 Å². The van der Waals surface area contributed by atoms with Gasteiger partial charge in [0.05, 0.1) is 12.7 Å². The summed E-state index contributed by atoms with van der Waals surface area (Å²) in [4.78, 5) is 50.6. The summed E-state index contributed by atoms with van der Waals surface area (Å²) in [6.07, 6.45) is -1.55. The third-order valence-corrected chi connectivity index (χ3v) is 5.29. The van der Waals surface area contributed by atoms with E-state index in [1.165, 1.54) is 0 Å². The highest BCUT2D eigenvalue weighted by molar-refractivity contribution is 5.93. The van der Waals surface area contributed by atoms with Gasteiger partial charge in [0, 0.05) is 0 Å². The van der Waals surface area contributed by atoms with Crippen molar-refractivity contribution in [2.24, 2.45) is 17.6 Å².